The standard InChI is InChI=1S/C13H28O4S.Na/c1-3-5-6-7-8-9-10-11-12-13(14,4-2)18(15,16)17;/h14H,3-12H2,1-2H3,(H,15,16,17);/q;+1/p-1. The summed E-state index contributed by atoms with van der Waals surface area (Å²) in [4.78, 5) is -2.06. The van der Waals surface area contributed by atoms with E-state index in [4.69, 9.17) is 0 Å². The predicted molar refractivity (Wildman–Crippen MR) is 72.2 cm³/mol. The number of rotatable bonds is 11. The van der Waals surface area contributed by atoms with Crippen molar-refractivity contribution in [2.75, 3.05) is 0 Å². The fourth-order valence-corrected chi connectivity index (χ4v) is 2.76. The second-order valence-electron chi connectivity index (χ2n) is 4.98. The zero-order valence-corrected chi connectivity index (χ0v) is 15.5. The van der Waals surface area contributed by atoms with Gasteiger partial charge in [-0.25, -0.2) is 8.42 Å². The third-order valence-electron chi connectivity index (χ3n) is 3.44. The van der Waals surface area contributed by atoms with Crippen molar-refractivity contribution < 1.29 is 47.6 Å². The Balaban J connectivity index is 0. The number of hydrogen-bond acceptors (Lipinski definition) is 4. The van der Waals surface area contributed by atoms with Crippen molar-refractivity contribution in [1.82, 2.24) is 0 Å². The van der Waals surface area contributed by atoms with E-state index in [-0.39, 0.29) is 42.4 Å². The number of hydrogen-bond donors (Lipinski definition) is 1. The first-order valence-electron chi connectivity index (χ1n) is 7.05. The van der Waals surface area contributed by atoms with Crippen molar-refractivity contribution >= 4 is 10.1 Å². The fourth-order valence-electron chi connectivity index (χ4n) is 2.01. The Labute approximate surface area is 140 Å². The Kier molecular flexibility index (Phi) is 13.4. The Morgan fingerprint density at radius 1 is 0.947 bits per heavy atom. The first kappa shape index (κ1) is 22.2. The molecule has 1 unspecified atom stereocenters. The molecule has 0 aliphatic rings. The minimum Gasteiger partial charge on any atom is -0.746 e. The molecule has 0 aromatic rings. The molecule has 110 valence electrons. The fraction of sp³-hybridized carbons (Fsp3) is 1.00. The van der Waals surface area contributed by atoms with Crippen LogP contribution in [0.4, 0.5) is 0 Å². The SMILES string of the molecule is CCCCCCCCCCC(O)(CC)S(=O)(=O)[O-].[Na+]. The van der Waals surface area contributed by atoms with Crippen molar-refractivity contribution in [2.45, 2.75) is 83.0 Å². The molecule has 1 N–H and O–H groups in total. The molecule has 0 fully saturated rings. The molecule has 0 aliphatic carbocycles. The van der Waals surface area contributed by atoms with E-state index in [1.165, 1.54) is 32.6 Å². The van der Waals surface area contributed by atoms with Gasteiger partial charge in [-0.1, -0.05) is 58.8 Å². The van der Waals surface area contributed by atoms with E-state index < -0.39 is 15.1 Å². The minimum atomic E-state index is -4.61. The van der Waals surface area contributed by atoms with Gasteiger partial charge in [-0.2, -0.15) is 0 Å². The summed E-state index contributed by atoms with van der Waals surface area (Å²) in [5, 5.41) is 9.73. The van der Waals surface area contributed by atoms with Crippen molar-refractivity contribution in [3.8, 4) is 0 Å². The third-order valence-corrected chi connectivity index (χ3v) is 4.86. The van der Waals surface area contributed by atoms with Crippen molar-refractivity contribution in [2.24, 2.45) is 0 Å². The smallest absolute Gasteiger partial charge is 0.746 e. The molecule has 0 saturated heterocycles. The van der Waals surface area contributed by atoms with Crippen LogP contribution in [0.3, 0.4) is 0 Å². The van der Waals surface area contributed by atoms with E-state index in [1.54, 1.807) is 0 Å². The maximum absolute atomic E-state index is 10.9. The Morgan fingerprint density at radius 2 is 1.37 bits per heavy atom. The van der Waals surface area contributed by atoms with Gasteiger partial charge in [0.2, 0.25) is 0 Å². The van der Waals surface area contributed by atoms with E-state index in [1.807, 2.05) is 0 Å². The average molecular weight is 302 g/mol. The van der Waals surface area contributed by atoms with Gasteiger partial charge in [-0.15, -0.1) is 0 Å². The zero-order chi connectivity index (χ0) is 14.1. The topological polar surface area (TPSA) is 77.4 Å². The van der Waals surface area contributed by atoms with Gasteiger partial charge in [0.05, 0.1) is 0 Å². The van der Waals surface area contributed by atoms with Crippen molar-refractivity contribution in [1.29, 1.82) is 0 Å². The van der Waals surface area contributed by atoms with Gasteiger partial charge in [0.25, 0.3) is 0 Å². The third kappa shape index (κ3) is 9.43. The molecule has 1 atom stereocenters. The van der Waals surface area contributed by atoms with Crippen LogP contribution >= 0.6 is 0 Å². The van der Waals surface area contributed by atoms with Gasteiger partial charge in [0.15, 0.2) is 4.93 Å². The largest absolute Gasteiger partial charge is 1.00 e. The number of unbranched alkanes of at least 4 members (excludes halogenated alkanes) is 7. The maximum Gasteiger partial charge on any atom is 1.00 e. The summed E-state index contributed by atoms with van der Waals surface area (Å²) >= 11 is 0. The molecule has 0 aliphatic heterocycles. The molecule has 0 radical (unpaired) electrons. The van der Waals surface area contributed by atoms with Crippen LogP contribution in [-0.2, 0) is 10.1 Å². The van der Waals surface area contributed by atoms with E-state index in [9.17, 15) is 18.1 Å². The van der Waals surface area contributed by atoms with Crippen LogP contribution in [0.5, 0.6) is 0 Å². The molecule has 0 heterocycles. The molecule has 4 nitrogen and oxygen atoms in total. The normalized spacial score (nSPS) is 14.7. The van der Waals surface area contributed by atoms with E-state index >= 15 is 0 Å². The molecular formula is C13H27NaO4S. The van der Waals surface area contributed by atoms with Crippen LogP contribution < -0.4 is 29.6 Å². The van der Waals surface area contributed by atoms with Gasteiger partial charge in [-0.05, 0) is 19.3 Å². The van der Waals surface area contributed by atoms with Gasteiger partial charge in [0.1, 0.15) is 10.1 Å². The Bertz CT molecular complexity index is 306. The summed E-state index contributed by atoms with van der Waals surface area (Å²) in [6.45, 7) is 3.70. The monoisotopic (exact) mass is 302 g/mol. The molecule has 0 saturated carbocycles. The van der Waals surface area contributed by atoms with Gasteiger partial charge >= 0.3 is 29.6 Å². The van der Waals surface area contributed by atoms with Crippen LogP contribution in [0.1, 0.15) is 78.1 Å². The van der Waals surface area contributed by atoms with Crippen LogP contribution in [0.15, 0.2) is 0 Å². The molecular weight excluding hydrogens is 275 g/mol. The summed E-state index contributed by atoms with van der Waals surface area (Å²) in [6.07, 6.45) is 8.66. The summed E-state index contributed by atoms with van der Waals surface area (Å²) in [5.41, 5.74) is 0. The summed E-state index contributed by atoms with van der Waals surface area (Å²) in [7, 11) is -4.61. The summed E-state index contributed by atoms with van der Waals surface area (Å²) in [5.74, 6) is 0. The van der Waals surface area contributed by atoms with Crippen LogP contribution in [0.25, 0.3) is 0 Å². The second-order valence-corrected chi connectivity index (χ2v) is 6.65. The molecule has 0 amide bonds. The average Bonchev–Trinajstić information content (AvgIpc) is 2.30. The molecule has 0 aromatic heterocycles. The second kappa shape index (κ2) is 11.5. The van der Waals surface area contributed by atoms with Crippen LogP contribution in [-0.4, -0.2) is 23.0 Å². The van der Waals surface area contributed by atoms with Gasteiger partial charge < -0.3 is 9.66 Å². The molecule has 19 heavy (non-hydrogen) atoms. The summed E-state index contributed by atoms with van der Waals surface area (Å²) < 4.78 is 32.8. The molecule has 0 bridgehead atoms. The van der Waals surface area contributed by atoms with Crippen molar-refractivity contribution in [3.63, 3.8) is 0 Å². The molecule has 0 rings (SSSR count). The van der Waals surface area contributed by atoms with E-state index in [0.717, 1.165) is 19.3 Å². The predicted octanol–water partition coefficient (Wildman–Crippen LogP) is 0.165. The van der Waals surface area contributed by atoms with Crippen molar-refractivity contribution in [3.05, 3.63) is 0 Å². The van der Waals surface area contributed by atoms with E-state index in [0.29, 0.717) is 6.42 Å². The maximum atomic E-state index is 10.9. The number of aliphatic hydroxyl groups is 1. The van der Waals surface area contributed by atoms with E-state index in [2.05, 4.69) is 6.92 Å². The minimum absolute atomic E-state index is 0. The quantitative estimate of drug-likeness (QED) is 0.335. The van der Waals surface area contributed by atoms with Gasteiger partial charge in [0, 0.05) is 0 Å². The first-order valence-corrected chi connectivity index (χ1v) is 8.46. The van der Waals surface area contributed by atoms with Gasteiger partial charge in [-0.3, -0.25) is 0 Å². The summed E-state index contributed by atoms with van der Waals surface area (Å²) in [6, 6.07) is 0. The molecule has 6 heteroatoms. The van der Waals surface area contributed by atoms with Crippen LogP contribution in [0, 0.1) is 0 Å². The zero-order valence-electron chi connectivity index (χ0n) is 12.7. The Morgan fingerprint density at radius 3 is 1.74 bits per heavy atom. The first-order chi connectivity index (χ1) is 8.37. The van der Waals surface area contributed by atoms with Crippen LogP contribution in [0.2, 0.25) is 0 Å². The Hall–Kier alpha value is 0.870. The molecule has 0 aromatic carbocycles. The molecule has 0 spiro atoms.